The summed E-state index contributed by atoms with van der Waals surface area (Å²) in [6.07, 6.45) is 12.4. The molecule has 1 aromatic rings. The Bertz CT molecular complexity index is 619. The normalized spacial score (nSPS) is 29.5. The van der Waals surface area contributed by atoms with Gasteiger partial charge in [-0.05, 0) is 87.8 Å². The molecule has 3 aliphatic rings. The lowest BCUT2D eigenvalue weighted by molar-refractivity contribution is -0.00596. The number of piperidine rings is 2. The Morgan fingerprint density at radius 1 is 0.885 bits per heavy atom. The second kappa shape index (κ2) is 7.85. The Hall–Kier alpha value is -1.13. The van der Waals surface area contributed by atoms with E-state index >= 15 is 0 Å². The van der Waals surface area contributed by atoms with Gasteiger partial charge in [0.15, 0.2) is 5.11 Å². The molecule has 26 heavy (non-hydrogen) atoms. The Morgan fingerprint density at radius 3 is 2.08 bits per heavy atom. The zero-order valence-corrected chi connectivity index (χ0v) is 17.1. The number of nitrogens with zero attached hydrogens (tertiary/aromatic N) is 1. The minimum atomic E-state index is 0.522. The van der Waals surface area contributed by atoms with Crippen LogP contribution >= 0.6 is 12.2 Å². The van der Waals surface area contributed by atoms with E-state index in [1.807, 2.05) is 0 Å². The standard InChI is InChI=1S/C22H33N3S/c1-15-10-16(2)12-17(11-15)23-22(26)24-18-13-20-8-5-9-21(14-18)25(20)19-6-3-4-7-19/h10-12,18-21H,3-9,13-14H2,1-2H3,(H2,23,24,26)/t18?,20-,21+. The first-order valence-electron chi connectivity index (χ1n) is 10.5. The average molecular weight is 372 g/mol. The van der Waals surface area contributed by atoms with E-state index in [0.717, 1.165) is 28.9 Å². The highest BCUT2D eigenvalue weighted by Gasteiger charge is 2.42. The van der Waals surface area contributed by atoms with Crippen LogP contribution in [0.15, 0.2) is 18.2 Å². The number of nitrogens with one attached hydrogen (secondary N) is 2. The molecule has 1 unspecified atom stereocenters. The van der Waals surface area contributed by atoms with Crippen LogP contribution in [0.1, 0.15) is 68.9 Å². The van der Waals surface area contributed by atoms with Gasteiger partial charge in [-0.2, -0.15) is 0 Å². The minimum absolute atomic E-state index is 0.522. The molecule has 4 heteroatoms. The molecule has 0 spiro atoms. The zero-order chi connectivity index (χ0) is 18.1. The molecule has 3 fully saturated rings. The van der Waals surface area contributed by atoms with Gasteiger partial charge in [-0.1, -0.05) is 25.3 Å². The highest BCUT2D eigenvalue weighted by Crippen LogP contribution is 2.39. The van der Waals surface area contributed by atoms with Crippen molar-refractivity contribution in [1.29, 1.82) is 0 Å². The van der Waals surface area contributed by atoms with E-state index in [2.05, 4.69) is 47.6 Å². The highest BCUT2D eigenvalue weighted by atomic mass is 32.1. The molecule has 4 rings (SSSR count). The summed E-state index contributed by atoms with van der Waals surface area (Å²) in [7, 11) is 0. The molecule has 2 saturated heterocycles. The fourth-order valence-corrected chi connectivity index (χ4v) is 6.02. The summed E-state index contributed by atoms with van der Waals surface area (Å²) in [5.74, 6) is 0. The topological polar surface area (TPSA) is 27.3 Å². The molecule has 142 valence electrons. The number of aryl methyl sites for hydroxylation is 2. The molecule has 0 aromatic heterocycles. The Labute approximate surface area is 163 Å². The maximum Gasteiger partial charge on any atom is 0.170 e. The van der Waals surface area contributed by atoms with Gasteiger partial charge in [0.2, 0.25) is 0 Å². The number of fused-ring (bicyclic) bond motifs is 2. The van der Waals surface area contributed by atoms with Crippen molar-refractivity contribution in [3.8, 4) is 0 Å². The van der Waals surface area contributed by atoms with Crippen LogP contribution in [0, 0.1) is 13.8 Å². The summed E-state index contributed by atoms with van der Waals surface area (Å²) in [6, 6.07) is 9.46. The van der Waals surface area contributed by atoms with E-state index in [0.29, 0.717) is 6.04 Å². The quantitative estimate of drug-likeness (QED) is 0.738. The van der Waals surface area contributed by atoms with Gasteiger partial charge >= 0.3 is 0 Å². The molecule has 0 radical (unpaired) electrons. The van der Waals surface area contributed by atoms with Crippen LogP contribution in [0.4, 0.5) is 5.69 Å². The van der Waals surface area contributed by atoms with E-state index < -0.39 is 0 Å². The Kier molecular flexibility index (Phi) is 5.51. The van der Waals surface area contributed by atoms with Crippen molar-refractivity contribution < 1.29 is 0 Å². The number of rotatable bonds is 3. The van der Waals surface area contributed by atoms with Gasteiger partial charge in [-0.15, -0.1) is 0 Å². The van der Waals surface area contributed by atoms with E-state index in [1.165, 1.54) is 68.9 Å². The largest absolute Gasteiger partial charge is 0.360 e. The summed E-state index contributed by atoms with van der Waals surface area (Å²) < 4.78 is 0. The molecular formula is C22H33N3S. The van der Waals surface area contributed by atoms with E-state index in [9.17, 15) is 0 Å². The van der Waals surface area contributed by atoms with Crippen LogP contribution in [0.2, 0.25) is 0 Å². The maximum atomic E-state index is 5.64. The molecule has 2 heterocycles. The summed E-state index contributed by atoms with van der Waals surface area (Å²) >= 11 is 5.64. The molecule has 0 amide bonds. The first kappa shape index (κ1) is 18.2. The minimum Gasteiger partial charge on any atom is -0.360 e. The van der Waals surface area contributed by atoms with Crippen LogP contribution < -0.4 is 10.6 Å². The summed E-state index contributed by atoms with van der Waals surface area (Å²) in [5, 5.41) is 7.83. The first-order chi connectivity index (χ1) is 12.6. The predicted octanol–water partition coefficient (Wildman–Crippen LogP) is 4.92. The van der Waals surface area contributed by atoms with E-state index in [1.54, 1.807) is 0 Å². The molecule has 2 N–H and O–H groups in total. The van der Waals surface area contributed by atoms with Gasteiger partial charge < -0.3 is 10.6 Å². The van der Waals surface area contributed by atoms with Crippen molar-refractivity contribution in [1.82, 2.24) is 10.2 Å². The second-order valence-corrected chi connectivity index (χ2v) is 9.18. The van der Waals surface area contributed by atoms with Gasteiger partial charge in [0.1, 0.15) is 0 Å². The van der Waals surface area contributed by atoms with Crippen molar-refractivity contribution >= 4 is 23.0 Å². The average Bonchev–Trinajstić information content (AvgIpc) is 3.06. The SMILES string of the molecule is Cc1cc(C)cc(NC(=S)NC2C[C@H]3CCC[C@@H](C2)N3C2CCCC2)c1. The Morgan fingerprint density at radius 2 is 1.46 bits per heavy atom. The molecule has 2 aliphatic heterocycles. The molecule has 1 aliphatic carbocycles. The molecule has 2 bridgehead atoms. The smallest absolute Gasteiger partial charge is 0.170 e. The second-order valence-electron chi connectivity index (χ2n) is 8.77. The molecule has 3 nitrogen and oxygen atoms in total. The fourth-order valence-electron chi connectivity index (χ4n) is 5.73. The van der Waals surface area contributed by atoms with Crippen LogP contribution in [0.5, 0.6) is 0 Å². The monoisotopic (exact) mass is 371 g/mol. The van der Waals surface area contributed by atoms with Crippen molar-refractivity contribution in [3.63, 3.8) is 0 Å². The number of hydrogen-bond acceptors (Lipinski definition) is 2. The Balaban J connectivity index is 1.36. The zero-order valence-electron chi connectivity index (χ0n) is 16.3. The van der Waals surface area contributed by atoms with Crippen LogP contribution in [-0.4, -0.2) is 34.2 Å². The fraction of sp³-hybridized carbons (Fsp3) is 0.682. The van der Waals surface area contributed by atoms with Crippen LogP contribution in [0.3, 0.4) is 0 Å². The molecule has 1 aromatic carbocycles. The summed E-state index contributed by atoms with van der Waals surface area (Å²) in [6.45, 7) is 4.27. The molecule has 1 saturated carbocycles. The van der Waals surface area contributed by atoms with Gasteiger partial charge in [0.25, 0.3) is 0 Å². The van der Waals surface area contributed by atoms with Crippen molar-refractivity contribution in [3.05, 3.63) is 29.3 Å². The summed E-state index contributed by atoms with van der Waals surface area (Å²) in [4.78, 5) is 2.93. The first-order valence-corrected chi connectivity index (χ1v) is 10.9. The number of benzene rings is 1. The molecular weight excluding hydrogens is 338 g/mol. The third kappa shape index (κ3) is 4.07. The van der Waals surface area contributed by atoms with Crippen molar-refractivity contribution in [2.75, 3.05) is 5.32 Å². The summed E-state index contributed by atoms with van der Waals surface area (Å²) in [5.41, 5.74) is 3.65. The van der Waals surface area contributed by atoms with E-state index in [-0.39, 0.29) is 0 Å². The predicted molar refractivity (Wildman–Crippen MR) is 114 cm³/mol. The third-order valence-corrected chi connectivity index (χ3v) is 6.81. The molecule has 3 atom stereocenters. The van der Waals surface area contributed by atoms with Gasteiger partial charge in [0, 0.05) is 29.9 Å². The lowest BCUT2D eigenvalue weighted by Gasteiger charge is -2.52. The van der Waals surface area contributed by atoms with Crippen molar-refractivity contribution in [2.45, 2.75) is 95.8 Å². The van der Waals surface area contributed by atoms with Gasteiger partial charge in [-0.3, -0.25) is 4.90 Å². The highest BCUT2D eigenvalue weighted by molar-refractivity contribution is 7.80. The lowest BCUT2D eigenvalue weighted by Crippen LogP contribution is -2.59. The van der Waals surface area contributed by atoms with Gasteiger partial charge in [0.05, 0.1) is 0 Å². The number of thiocarbonyl (C=S) groups is 1. The maximum absolute atomic E-state index is 5.64. The van der Waals surface area contributed by atoms with Gasteiger partial charge in [-0.25, -0.2) is 0 Å². The van der Waals surface area contributed by atoms with Crippen molar-refractivity contribution in [2.24, 2.45) is 0 Å². The lowest BCUT2D eigenvalue weighted by atomic mass is 9.80. The number of hydrogen-bond donors (Lipinski definition) is 2. The van der Waals surface area contributed by atoms with Crippen LogP contribution in [-0.2, 0) is 0 Å². The van der Waals surface area contributed by atoms with Crippen LogP contribution in [0.25, 0.3) is 0 Å². The third-order valence-electron chi connectivity index (χ3n) is 6.59. The van der Waals surface area contributed by atoms with E-state index in [4.69, 9.17) is 12.2 Å². The number of anilines is 1.